The number of aromatic nitrogens is 1. The monoisotopic (exact) mass is 286 g/mol. The van der Waals surface area contributed by atoms with Crippen molar-refractivity contribution in [3.63, 3.8) is 0 Å². The predicted octanol–water partition coefficient (Wildman–Crippen LogP) is 1.87. The van der Waals surface area contributed by atoms with E-state index in [1.165, 1.54) is 0 Å². The van der Waals surface area contributed by atoms with E-state index in [1.54, 1.807) is 25.4 Å². The number of ether oxygens (including phenoxy) is 1. The van der Waals surface area contributed by atoms with E-state index in [4.69, 9.17) is 10.6 Å². The van der Waals surface area contributed by atoms with Crippen LogP contribution in [0.5, 0.6) is 5.75 Å². The number of benzene rings is 1. The fraction of sp³-hybridized carbons (Fsp3) is 0.200. The molecule has 1 aromatic carbocycles. The highest BCUT2D eigenvalue weighted by atomic mass is 16.5. The maximum Gasteiger partial charge on any atom is 0.255 e. The van der Waals surface area contributed by atoms with E-state index in [-0.39, 0.29) is 11.9 Å². The average Bonchev–Trinajstić information content (AvgIpc) is 2.54. The van der Waals surface area contributed by atoms with Crippen molar-refractivity contribution in [2.45, 2.75) is 13.0 Å². The quantitative estimate of drug-likeness (QED) is 0.576. The Labute approximate surface area is 123 Å². The second kappa shape index (κ2) is 6.71. The first kappa shape index (κ1) is 14.8. The summed E-state index contributed by atoms with van der Waals surface area (Å²) in [6, 6.07) is 10.7. The molecular weight excluding hydrogens is 268 g/mol. The molecule has 110 valence electrons. The van der Waals surface area contributed by atoms with Crippen LogP contribution in [0, 0.1) is 0 Å². The number of hydrogen-bond donors (Lipinski definition) is 3. The normalized spacial score (nSPS) is 11.6. The number of hydrogen-bond acceptors (Lipinski definition) is 5. The van der Waals surface area contributed by atoms with Gasteiger partial charge in [-0.15, -0.1) is 0 Å². The number of nitrogens with one attached hydrogen (secondary N) is 2. The molecule has 0 aliphatic heterocycles. The number of carbonyl (C=O) groups excluding carboxylic acids is 1. The average molecular weight is 286 g/mol. The van der Waals surface area contributed by atoms with E-state index in [9.17, 15) is 4.79 Å². The standard InChI is InChI=1S/C15H18N4O2/c1-10(11-5-7-12(21-2)8-6-11)18-15(20)13-4-3-9-17-14(13)19-16/h3-10H,16H2,1-2H3,(H,17,19)(H,18,20). The maximum absolute atomic E-state index is 12.3. The van der Waals surface area contributed by atoms with E-state index in [2.05, 4.69) is 15.7 Å². The predicted molar refractivity (Wildman–Crippen MR) is 80.9 cm³/mol. The van der Waals surface area contributed by atoms with Crippen LogP contribution in [0.2, 0.25) is 0 Å². The molecule has 6 nitrogen and oxygen atoms in total. The van der Waals surface area contributed by atoms with Gasteiger partial charge in [0.25, 0.3) is 5.91 Å². The Morgan fingerprint density at radius 2 is 2.00 bits per heavy atom. The van der Waals surface area contributed by atoms with Gasteiger partial charge in [-0.1, -0.05) is 12.1 Å². The molecule has 21 heavy (non-hydrogen) atoms. The zero-order valence-corrected chi connectivity index (χ0v) is 12.0. The number of nitrogens with two attached hydrogens (primary N) is 1. The zero-order chi connectivity index (χ0) is 15.2. The van der Waals surface area contributed by atoms with Gasteiger partial charge in [-0.05, 0) is 36.8 Å². The Morgan fingerprint density at radius 3 is 2.62 bits per heavy atom. The molecular formula is C15H18N4O2. The number of nitrogen functional groups attached to an aromatic ring is 1. The number of hydrazine groups is 1. The molecule has 0 fully saturated rings. The van der Waals surface area contributed by atoms with Crippen molar-refractivity contribution in [2.24, 2.45) is 5.84 Å². The summed E-state index contributed by atoms with van der Waals surface area (Å²) in [5, 5.41) is 2.91. The van der Waals surface area contributed by atoms with Crippen LogP contribution in [0.15, 0.2) is 42.6 Å². The van der Waals surface area contributed by atoms with E-state index < -0.39 is 0 Å². The molecule has 0 bridgehead atoms. The summed E-state index contributed by atoms with van der Waals surface area (Å²) < 4.78 is 5.11. The van der Waals surface area contributed by atoms with Crippen LogP contribution in [0.25, 0.3) is 0 Å². The van der Waals surface area contributed by atoms with E-state index >= 15 is 0 Å². The lowest BCUT2D eigenvalue weighted by Crippen LogP contribution is -2.28. The Bertz CT molecular complexity index is 613. The first-order valence-electron chi connectivity index (χ1n) is 6.52. The van der Waals surface area contributed by atoms with E-state index in [1.807, 2.05) is 31.2 Å². The van der Waals surface area contributed by atoms with Crippen molar-refractivity contribution in [1.82, 2.24) is 10.3 Å². The molecule has 1 heterocycles. The highest BCUT2D eigenvalue weighted by molar-refractivity contribution is 5.98. The van der Waals surface area contributed by atoms with Gasteiger partial charge < -0.3 is 15.5 Å². The largest absolute Gasteiger partial charge is 0.497 e. The molecule has 0 spiro atoms. The molecule has 4 N–H and O–H groups in total. The van der Waals surface area contributed by atoms with Gasteiger partial charge >= 0.3 is 0 Å². The molecule has 2 aromatic rings. The van der Waals surface area contributed by atoms with E-state index in [0.717, 1.165) is 11.3 Å². The summed E-state index contributed by atoms with van der Waals surface area (Å²) in [7, 11) is 1.62. The minimum absolute atomic E-state index is 0.144. The van der Waals surface area contributed by atoms with Crippen LogP contribution in [0.4, 0.5) is 5.82 Å². The lowest BCUT2D eigenvalue weighted by Gasteiger charge is -2.15. The van der Waals surface area contributed by atoms with Crippen molar-refractivity contribution in [3.05, 3.63) is 53.7 Å². The topological polar surface area (TPSA) is 89.3 Å². The third kappa shape index (κ3) is 3.49. The molecule has 2 rings (SSSR count). The molecule has 1 aromatic heterocycles. The van der Waals surface area contributed by atoms with Crippen LogP contribution in [-0.4, -0.2) is 18.0 Å². The summed E-state index contributed by atoms with van der Waals surface area (Å²) in [6.45, 7) is 1.91. The lowest BCUT2D eigenvalue weighted by atomic mass is 10.1. The van der Waals surface area contributed by atoms with Gasteiger partial charge in [-0.3, -0.25) is 4.79 Å². The Kier molecular flexibility index (Phi) is 4.73. The van der Waals surface area contributed by atoms with Gasteiger partial charge in [0.1, 0.15) is 5.75 Å². The second-order valence-corrected chi connectivity index (χ2v) is 4.51. The molecule has 0 saturated heterocycles. The summed E-state index contributed by atoms with van der Waals surface area (Å²) in [4.78, 5) is 16.3. The molecule has 0 radical (unpaired) electrons. The Morgan fingerprint density at radius 1 is 1.29 bits per heavy atom. The van der Waals surface area contributed by atoms with Crippen molar-refractivity contribution >= 4 is 11.7 Å². The second-order valence-electron chi connectivity index (χ2n) is 4.51. The number of methoxy groups -OCH3 is 1. The van der Waals surface area contributed by atoms with Gasteiger partial charge in [0, 0.05) is 6.20 Å². The van der Waals surface area contributed by atoms with E-state index in [0.29, 0.717) is 11.4 Å². The van der Waals surface area contributed by atoms with Crippen LogP contribution in [0.3, 0.4) is 0 Å². The van der Waals surface area contributed by atoms with Gasteiger partial charge in [-0.25, -0.2) is 10.8 Å². The highest BCUT2D eigenvalue weighted by Crippen LogP contribution is 2.18. The molecule has 1 atom stereocenters. The molecule has 0 aliphatic rings. The minimum atomic E-state index is -0.237. The Balaban J connectivity index is 2.11. The molecule has 1 unspecified atom stereocenters. The number of anilines is 1. The van der Waals surface area contributed by atoms with Crippen molar-refractivity contribution in [1.29, 1.82) is 0 Å². The minimum Gasteiger partial charge on any atom is -0.497 e. The maximum atomic E-state index is 12.3. The molecule has 0 aliphatic carbocycles. The van der Waals surface area contributed by atoms with Crippen molar-refractivity contribution in [2.75, 3.05) is 12.5 Å². The van der Waals surface area contributed by atoms with Crippen molar-refractivity contribution in [3.8, 4) is 5.75 Å². The number of pyridine rings is 1. The first-order chi connectivity index (χ1) is 10.2. The van der Waals surface area contributed by atoms with Gasteiger partial charge in [-0.2, -0.15) is 0 Å². The van der Waals surface area contributed by atoms with Crippen LogP contribution >= 0.6 is 0 Å². The van der Waals surface area contributed by atoms with Crippen LogP contribution < -0.4 is 21.3 Å². The van der Waals surface area contributed by atoms with Crippen LogP contribution in [-0.2, 0) is 0 Å². The van der Waals surface area contributed by atoms with Gasteiger partial charge in [0.2, 0.25) is 0 Å². The molecule has 0 saturated carbocycles. The summed E-state index contributed by atoms with van der Waals surface area (Å²) in [6.07, 6.45) is 1.57. The molecule has 1 amide bonds. The van der Waals surface area contributed by atoms with Gasteiger partial charge in [0.15, 0.2) is 5.82 Å². The fourth-order valence-corrected chi connectivity index (χ4v) is 1.95. The number of carbonyl (C=O) groups is 1. The van der Waals surface area contributed by atoms with Crippen molar-refractivity contribution < 1.29 is 9.53 Å². The summed E-state index contributed by atoms with van der Waals surface area (Å²) >= 11 is 0. The third-order valence-electron chi connectivity index (χ3n) is 3.15. The number of amides is 1. The third-order valence-corrected chi connectivity index (χ3v) is 3.15. The SMILES string of the molecule is COc1ccc(C(C)NC(=O)c2cccnc2NN)cc1. The first-order valence-corrected chi connectivity index (χ1v) is 6.52. The smallest absolute Gasteiger partial charge is 0.255 e. The number of rotatable bonds is 5. The summed E-state index contributed by atoms with van der Waals surface area (Å²) in [5.74, 6) is 6.24. The fourth-order valence-electron chi connectivity index (χ4n) is 1.95. The lowest BCUT2D eigenvalue weighted by molar-refractivity contribution is 0.0940. The molecule has 6 heteroatoms. The Hall–Kier alpha value is -2.60. The highest BCUT2D eigenvalue weighted by Gasteiger charge is 2.15. The number of nitrogens with zero attached hydrogens (tertiary/aromatic N) is 1. The van der Waals surface area contributed by atoms with Gasteiger partial charge in [0.05, 0.1) is 18.7 Å². The zero-order valence-electron chi connectivity index (χ0n) is 12.0. The summed E-state index contributed by atoms with van der Waals surface area (Å²) in [5.41, 5.74) is 3.80. The van der Waals surface area contributed by atoms with Crippen LogP contribution in [0.1, 0.15) is 28.9 Å².